The van der Waals surface area contributed by atoms with Gasteiger partial charge in [0, 0.05) is 11.1 Å². The second kappa shape index (κ2) is 6.08. The van der Waals surface area contributed by atoms with Crippen molar-refractivity contribution in [3.8, 4) is 0 Å². The molecule has 19 heavy (non-hydrogen) atoms. The van der Waals surface area contributed by atoms with Gasteiger partial charge in [0.15, 0.2) is 0 Å². The first-order valence-electron chi connectivity index (χ1n) is 5.67. The van der Waals surface area contributed by atoms with E-state index in [1.165, 1.54) is 0 Å². The fourth-order valence-corrected chi connectivity index (χ4v) is 2.24. The minimum Gasteiger partial charge on any atom is -0.307 e. The molecule has 1 amide bonds. The monoisotopic (exact) mass is 292 g/mol. The van der Waals surface area contributed by atoms with Crippen LogP contribution in [0.1, 0.15) is 15.9 Å². The summed E-state index contributed by atoms with van der Waals surface area (Å²) in [5, 5.41) is 3.18. The number of hydrogen-bond acceptors (Lipinski definition) is 3. The number of thioether (sulfide) groups is 1. The molecule has 0 aliphatic heterocycles. The van der Waals surface area contributed by atoms with E-state index in [4.69, 9.17) is 11.6 Å². The summed E-state index contributed by atoms with van der Waals surface area (Å²) in [4.78, 5) is 17.3. The van der Waals surface area contributed by atoms with Gasteiger partial charge in [0.1, 0.15) is 5.82 Å². The standard InChI is InChI=1S/C14H13ClN2OS/c1-9-5-6-16-13(7-9)17-14(18)11-8-10(19-2)3-4-12(11)15/h3-8H,1-2H3,(H,16,17,18). The lowest BCUT2D eigenvalue weighted by Gasteiger charge is -2.08. The van der Waals surface area contributed by atoms with Gasteiger partial charge in [0.05, 0.1) is 10.6 Å². The summed E-state index contributed by atoms with van der Waals surface area (Å²) in [6.07, 6.45) is 3.61. The number of carbonyl (C=O) groups excluding carboxylic acids is 1. The Morgan fingerprint density at radius 2 is 2.11 bits per heavy atom. The molecule has 1 aromatic heterocycles. The third-order valence-corrected chi connectivity index (χ3v) is 3.63. The summed E-state index contributed by atoms with van der Waals surface area (Å²) in [6.45, 7) is 1.94. The third kappa shape index (κ3) is 3.49. The first-order valence-corrected chi connectivity index (χ1v) is 7.28. The lowest BCUT2D eigenvalue weighted by atomic mass is 10.2. The van der Waals surface area contributed by atoms with Crippen molar-refractivity contribution in [3.05, 3.63) is 52.7 Å². The highest BCUT2D eigenvalue weighted by atomic mass is 35.5. The van der Waals surface area contributed by atoms with E-state index in [2.05, 4.69) is 10.3 Å². The molecule has 0 atom stereocenters. The number of amides is 1. The summed E-state index contributed by atoms with van der Waals surface area (Å²) < 4.78 is 0. The van der Waals surface area contributed by atoms with Crippen molar-refractivity contribution in [2.24, 2.45) is 0 Å². The molecule has 0 unspecified atom stereocenters. The molecule has 0 saturated carbocycles. The van der Waals surface area contributed by atoms with Crippen LogP contribution in [0, 0.1) is 6.92 Å². The number of nitrogens with one attached hydrogen (secondary N) is 1. The van der Waals surface area contributed by atoms with E-state index in [-0.39, 0.29) is 5.91 Å². The van der Waals surface area contributed by atoms with Crippen molar-refractivity contribution in [3.63, 3.8) is 0 Å². The summed E-state index contributed by atoms with van der Waals surface area (Å²) in [5.41, 5.74) is 1.49. The predicted molar refractivity (Wildman–Crippen MR) is 80.2 cm³/mol. The van der Waals surface area contributed by atoms with Gasteiger partial charge in [-0.1, -0.05) is 11.6 Å². The number of carbonyl (C=O) groups is 1. The number of hydrogen-bond donors (Lipinski definition) is 1. The average Bonchev–Trinajstić information content (AvgIpc) is 2.39. The first-order chi connectivity index (χ1) is 9.10. The Bertz CT molecular complexity index is 616. The summed E-state index contributed by atoms with van der Waals surface area (Å²) >= 11 is 7.62. The minimum atomic E-state index is -0.251. The Morgan fingerprint density at radius 3 is 2.79 bits per heavy atom. The zero-order chi connectivity index (χ0) is 13.8. The van der Waals surface area contributed by atoms with Gasteiger partial charge in [-0.3, -0.25) is 4.79 Å². The molecule has 5 heteroatoms. The van der Waals surface area contributed by atoms with Crippen molar-refractivity contribution in [1.29, 1.82) is 0 Å². The molecule has 0 radical (unpaired) electrons. The quantitative estimate of drug-likeness (QED) is 0.869. The first kappa shape index (κ1) is 13.9. The number of benzene rings is 1. The molecule has 98 valence electrons. The number of rotatable bonds is 3. The van der Waals surface area contributed by atoms with Crippen LogP contribution in [0.5, 0.6) is 0 Å². The Kier molecular flexibility index (Phi) is 4.45. The Labute approximate surface area is 121 Å². The number of aromatic nitrogens is 1. The molecular weight excluding hydrogens is 280 g/mol. The molecular formula is C14H13ClN2OS. The Hall–Kier alpha value is -1.52. The third-order valence-electron chi connectivity index (χ3n) is 2.58. The smallest absolute Gasteiger partial charge is 0.258 e. The Morgan fingerprint density at radius 1 is 1.32 bits per heavy atom. The zero-order valence-electron chi connectivity index (χ0n) is 10.6. The minimum absolute atomic E-state index is 0.251. The van der Waals surface area contributed by atoms with Crippen LogP contribution in [-0.2, 0) is 0 Å². The fourth-order valence-electron chi connectivity index (χ4n) is 1.59. The van der Waals surface area contributed by atoms with Crippen LogP contribution in [0.25, 0.3) is 0 Å². The molecule has 1 aromatic carbocycles. The second-order valence-electron chi connectivity index (χ2n) is 4.02. The van der Waals surface area contributed by atoms with Crippen LogP contribution in [-0.4, -0.2) is 17.1 Å². The van der Waals surface area contributed by atoms with Gasteiger partial charge >= 0.3 is 0 Å². The molecule has 2 rings (SSSR count). The maximum Gasteiger partial charge on any atom is 0.258 e. The van der Waals surface area contributed by atoms with Crippen LogP contribution in [0.15, 0.2) is 41.4 Å². The second-order valence-corrected chi connectivity index (χ2v) is 5.31. The van der Waals surface area contributed by atoms with Gasteiger partial charge in [-0.15, -0.1) is 11.8 Å². The fraction of sp³-hybridized carbons (Fsp3) is 0.143. The molecule has 0 bridgehead atoms. The van der Waals surface area contributed by atoms with E-state index in [9.17, 15) is 4.79 Å². The van der Waals surface area contributed by atoms with Crippen LogP contribution >= 0.6 is 23.4 Å². The van der Waals surface area contributed by atoms with Gasteiger partial charge in [-0.05, 0) is 49.1 Å². The number of anilines is 1. The number of pyridine rings is 1. The zero-order valence-corrected chi connectivity index (χ0v) is 12.2. The van der Waals surface area contributed by atoms with Crippen LogP contribution < -0.4 is 5.32 Å². The van der Waals surface area contributed by atoms with Crippen molar-refractivity contribution in [2.75, 3.05) is 11.6 Å². The van der Waals surface area contributed by atoms with E-state index < -0.39 is 0 Å². The van der Waals surface area contributed by atoms with Gasteiger partial charge in [0.25, 0.3) is 5.91 Å². The molecule has 0 spiro atoms. The highest BCUT2D eigenvalue weighted by molar-refractivity contribution is 7.98. The molecule has 1 heterocycles. The maximum absolute atomic E-state index is 12.2. The van der Waals surface area contributed by atoms with Gasteiger partial charge in [0.2, 0.25) is 0 Å². The van der Waals surface area contributed by atoms with Crippen LogP contribution in [0.3, 0.4) is 0 Å². The summed E-state index contributed by atoms with van der Waals surface area (Å²) in [5.74, 6) is 0.273. The SMILES string of the molecule is CSc1ccc(Cl)c(C(=O)Nc2cc(C)ccn2)c1. The van der Waals surface area contributed by atoms with E-state index in [1.54, 1.807) is 30.1 Å². The lowest BCUT2D eigenvalue weighted by molar-refractivity contribution is 0.102. The van der Waals surface area contributed by atoms with Crippen molar-refractivity contribution < 1.29 is 4.79 Å². The predicted octanol–water partition coefficient (Wildman–Crippen LogP) is 4.02. The average molecular weight is 293 g/mol. The van der Waals surface area contributed by atoms with Crippen LogP contribution in [0.2, 0.25) is 5.02 Å². The number of halogens is 1. The van der Waals surface area contributed by atoms with Crippen molar-refractivity contribution >= 4 is 35.1 Å². The van der Waals surface area contributed by atoms with Crippen LogP contribution in [0.4, 0.5) is 5.82 Å². The largest absolute Gasteiger partial charge is 0.307 e. The van der Waals surface area contributed by atoms with Crippen molar-refractivity contribution in [1.82, 2.24) is 4.98 Å². The number of aryl methyl sites for hydroxylation is 1. The van der Waals surface area contributed by atoms with E-state index >= 15 is 0 Å². The lowest BCUT2D eigenvalue weighted by Crippen LogP contribution is -2.13. The van der Waals surface area contributed by atoms with Gasteiger partial charge in [-0.25, -0.2) is 4.98 Å². The highest BCUT2D eigenvalue weighted by Crippen LogP contribution is 2.23. The maximum atomic E-state index is 12.2. The van der Waals surface area contributed by atoms with Gasteiger partial charge < -0.3 is 5.32 Å². The molecule has 0 fully saturated rings. The summed E-state index contributed by atoms with van der Waals surface area (Å²) in [7, 11) is 0. The van der Waals surface area contributed by atoms with Crippen molar-refractivity contribution in [2.45, 2.75) is 11.8 Å². The highest BCUT2D eigenvalue weighted by Gasteiger charge is 2.12. The molecule has 0 aliphatic rings. The molecule has 1 N–H and O–H groups in total. The number of nitrogens with zero attached hydrogens (tertiary/aromatic N) is 1. The topological polar surface area (TPSA) is 42.0 Å². The molecule has 3 nitrogen and oxygen atoms in total. The van der Waals surface area contributed by atoms with E-state index in [0.717, 1.165) is 10.5 Å². The summed E-state index contributed by atoms with van der Waals surface area (Å²) in [6, 6.07) is 9.07. The molecule has 0 saturated heterocycles. The molecule has 0 aliphatic carbocycles. The molecule has 2 aromatic rings. The van der Waals surface area contributed by atoms with E-state index in [1.807, 2.05) is 31.4 Å². The van der Waals surface area contributed by atoms with E-state index in [0.29, 0.717) is 16.4 Å². The normalized spacial score (nSPS) is 10.3. The Balaban J connectivity index is 2.25. The van der Waals surface area contributed by atoms with Gasteiger partial charge in [-0.2, -0.15) is 0 Å².